The molecule has 5 rings (SSSR count). The maximum absolute atomic E-state index is 13.4. The van der Waals surface area contributed by atoms with Crippen molar-refractivity contribution < 1.29 is 22.3 Å². The third kappa shape index (κ3) is 5.51. The molecule has 2 aromatic heterocycles. The zero-order chi connectivity index (χ0) is 26.9. The minimum Gasteiger partial charge on any atom is -0.492 e. The number of hydrogen-bond acceptors (Lipinski definition) is 8. The number of nitrogens with zero attached hydrogens (tertiary/aromatic N) is 3. The summed E-state index contributed by atoms with van der Waals surface area (Å²) in [5.74, 6) is -0.00775. The van der Waals surface area contributed by atoms with E-state index in [-0.39, 0.29) is 18.0 Å². The second-order valence-corrected chi connectivity index (χ2v) is 11.6. The lowest BCUT2D eigenvalue weighted by Crippen LogP contribution is -2.28. The van der Waals surface area contributed by atoms with Gasteiger partial charge in [0.1, 0.15) is 23.2 Å². The molecule has 0 fully saturated rings. The smallest absolute Gasteiger partial charge is 0.240 e. The SMILES string of the molecule is COCc1cnc2c(-c3nc4c(C)cc(OCCNS(=O)(=O)c5cccc(F)c5)cc4s3)cc(C)cc2n1. The maximum atomic E-state index is 13.4. The molecule has 0 spiro atoms. The number of nitrogens with one attached hydrogen (secondary N) is 1. The van der Waals surface area contributed by atoms with Crippen molar-refractivity contribution in [2.45, 2.75) is 25.3 Å². The summed E-state index contributed by atoms with van der Waals surface area (Å²) in [6.07, 6.45) is 1.72. The van der Waals surface area contributed by atoms with Crippen LogP contribution in [0.2, 0.25) is 0 Å². The van der Waals surface area contributed by atoms with Crippen LogP contribution in [0.1, 0.15) is 16.8 Å². The molecule has 1 N–H and O–H groups in total. The summed E-state index contributed by atoms with van der Waals surface area (Å²) >= 11 is 1.53. The van der Waals surface area contributed by atoms with Gasteiger partial charge in [0, 0.05) is 19.2 Å². The van der Waals surface area contributed by atoms with Gasteiger partial charge in [0.2, 0.25) is 10.0 Å². The Labute approximate surface area is 223 Å². The van der Waals surface area contributed by atoms with Crippen molar-refractivity contribution in [3.05, 3.63) is 77.4 Å². The monoisotopic (exact) mass is 552 g/mol. The number of thiazole rings is 1. The third-order valence-corrected chi connectivity index (χ3v) is 8.29. The standard InChI is InChI=1S/C27H25FN4O4S2/c1-16-9-22(26-23(10-16)31-19(14-29-26)15-35-3)27-32-25-17(2)11-20(13-24(25)37-27)36-8-7-30-38(33,34)21-6-4-5-18(28)12-21/h4-6,9-14,30H,7-8,15H2,1-3H3. The van der Waals surface area contributed by atoms with E-state index in [1.165, 1.54) is 29.5 Å². The maximum Gasteiger partial charge on any atom is 0.240 e. The molecule has 0 atom stereocenters. The molecule has 5 aromatic rings. The molecule has 0 saturated carbocycles. The number of rotatable bonds is 9. The number of methoxy groups -OCH3 is 1. The van der Waals surface area contributed by atoms with E-state index in [1.807, 2.05) is 32.0 Å². The largest absolute Gasteiger partial charge is 0.492 e. The topological polar surface area (TPSA) is 103 Å². The van der Waals surface area contributed by atoms with Gasteiger partial charge >= 0.3 is 0 Å². The minimum atomic E-state index is -3.83. The first-order valence-electron chi connectivity index (χ1n) is 11.8. The van der Waals surface area contributed by atoms with Crippen LogP contribution >= 0.6 is 11.3 Å². The molecule has 0 bridgehead atoms. The first kappa shape index (κ1) is 26.1. The lowest BCUT2D eigenvalue weighted by molar-refractivity contribution is 0.181. The molecular weight excluding hydrogens is 527 g/mol. The highest BCUT2D eigenvalue weighted by Gasteiger charge is 2.16. The van der Waals surface area contributed by atoms with Crippen molar-refractivity contribution in [3.8, 4) is 16.3 Å². The second-order valence-electron chi connectivity index (χ2n) is 8.78. The van der Waals surface area contributed by atoms with Gasteiger partial charge in [-0.1, -0.05) is 6.07 Å². The fraction of sp³-hybridized carbons (Fsp3) is 0.222. The van der Waals surface area contributed by atoms with Crippen molar-refractivity contribution in [2.24, 2.45) is 0 Å². The molecule has 0 amide bonds. The molecule has 3 aromatic carbocycles. The van der Waals surface area contributed by atoms with Gasteiger partial charge in [0.25, 0.3) is 0 Å². The summed E-state index contributed by atoms with van der Waals surface area (Å²) in [4.78, 5) is 14.1. The molecule has 0 aliphatic carbocycles. The molecule has 196 valence electrons. The number of aryl methyl sites for hydroxylation is 2. The number of halogens is 1. The Hall–Kier alpha value is -3.51. The van der Waals surface area contributed by atoms with E-state index in [4.69, 9.17) is 14.5 Å². The van der Waals surface area contributed by atoms with Gasteiger partial charge in [0.05, 0.1) is 44.6 Å². The van der Waals surface area contributed by atoms with Gasteiger partial charge in [-0.25, -0.2) is 27.5 Å². The van der Waals surface area contributed by atoms with E-state index in [0.29, 0.717) is 12.4 Å². The van der Waals surface area contributed by atoms with Crippen molar-refractivity contribution in [1.82, 2.24) is 19.7 Å². The van der Waals surface area contributed by atoms with Crippen LogP contribution in [0.5, 0.6) is 5.75 Å². The van der Waals surface area contributed by atoms with E-state index < -0.39 is 15.8 Å². The fourth-order valence-electron chi connectivity index (χ4n) is 4.11. The van der Waals surface area contributed by atoms with E-state index in [1.54, 1.807) is 13.3 Å². The molecule has 0 aliphatic heterocycles. The van der Waals surface area contributed by atoms with E-state index >= 15 is 0 Å². The fourth-order valence-corrected chi connectivity index (χ4v) is 6.24. The highest BCUT2D eigenvalue weighted by atomic mass is 32.2. The Morgan fingerprint density at radius 1 is 1.05 bits per heavy atom. The predicted molar refractivity (Wildman–Crippen MR) is 145 cm³/mol. The van der Waals surface area contributed by atoms with Crippen LogP contribution in [0, 0.1) is 19.7 Å². The Morgan fingerprint density at radius 3 is 2.68 bits per heavy atom. The van der Waals surface area contributed by atoms with E-state index in [2.05, 4.69) is 20.8 Å². The van der Waals surface area contributed by atoms with E-state index in [0.717, 1.165) is 54.7 Å². The molecule has 8 nitrogen and oxygen atoms in total. The first-order chi connectivity index (χ1) is 18.2. The summed E-state index contributed by atoms with van der Waals surface area (Å²) in [5.41, 5.74) is 6.08. The first-order valence-corrected chi connectivity index (χ1v) is 14.1. The van der Waals surface area contributed by atoms with Crippen molar-refractivity contribution >= 4 is 42.6 Å². The lowest BCUT2D eigenvalue weighted by Gasteiger charge is -2.09. The zero-order valence-corrected chi connectivity index (χ0v) is 22.6. The average molecular weight is 553 g/mol. The Bertz CT molecular complexity index is 1760. The molecule has 38 heavy (non-hydrogen) atoms. The molecule has 0 radical (unpaired) electrons. The minimum absolute atomic E-state index is 0.0306. The van der Waals surface area contributed by atoms with E-state index in [9.17, 15) is 12.8 Å². The normalized spacial score (nSPS) is 11.9. The van der Waals surface area contributed by atoms with Crippen molar-refractivity contribution in [1.29, 1.82) is 0 Å². The number of benzene rings is 3. The van der Waals surface area contributed by atoms with Crippen molar-refractivity contribution in [3.63, 3.8) is 0 Å². The Balaban J connectivity index is 1.35. The predicted octanol–water partition coefficient (Wildman–Crippen LogP) is 5.17. The van der Waals surface area contributed by atoms with Gasteiger partial charge in [-0.2, -0.15) is 0 Å². The van der Waals surface area contributed by atoms with Crippen molar-refractivity contribution in [2.75, 3.05) is 20.3 Å². The van der Waals surface area contributed by atoms with Gasteiger partial charge in [-0.15, -0.1) is 11.3 Å². The molecule has 2 heterocycles. The van der Waals surface area contributed by atoms with Gasteiger partial charge in [-0.3, -0.25) is 4.98 Å². The van der Waals surface area contributed by atoms with Crippen LogP contribution in [0.25, 0.3) is 31.8 Å². The Morgan fingerprint density at radius 2 is 1.89 bits per heavy atom. The summed E-state index contributed by atoms with van der Waals surface area (Å²) < 4.78 is 52.5. The number of sulfonamides is 1. The average Bonchev–Trinajstić information content (AvgIpc) is 3.31. The van der Waals surface area contributed by atoms with Crippen LogP contribution in [-0.4, -0.2) is 43.6 Å². The second kappa shape index (κ2) is 10.7. The Kier molecular flexibility index (Phi) is 7.35. The van der Waals surface area contributed by atoms with Crippen LogP contribution < -0.4 is 9.46 Å². The molecular formula is C27H25FN4O4S2. The highest BCUT2D eigenvalue weighted by molar-refractivity contribution is 7.89. The van der Waals surface area contributed by atoms with Crippen LogP contribution in [-0.2, 0) is 21.4 Å². The highest BCUT2D eigenvalue weighted by Crippen LogP contribution is 2.37. The summed E-state index contributed by atoms with van der Waals surface area (Å²) in [6.45, 7) is 4.49. The number of aromatic nitrogens is 3. The third-order valence-electron chi connectivity index (χ3n) is 5.79. The molecule has 0 saturated heterocycles. The van der Waals surface area contributed by atoms with Crippen LogP contribution in [0.4, 0.5) is 4.39 Å². The molecule has 11 heteroatoms. The quantitative estimate of drug-likeness (QED) is 0.252. The van der Waals surface area contributed by atoms with Crippen LogP contribution in [0.15, 0.2) is 59.6 Å². The zero-order valence-electron chi connectivity index (χ0n) is 21.0. The molecule has 0 unspecified atom stereocenters. The van der Waals surface area contributed by atoms with Gasteiger partial charge in [-0.05, 0) is 67.4 Å². The number of hydrogen-bond donors (Lipinski definition) is 1. The van der Waals surface area contributed by atoms with Gasteiger partial charge < -0.3 is 9.47 Å². The summed E-state index contributed by atoms with van der Waals surface area (Å²) in [7, 11) is -2.21. The number of fused-ring (bicyclic) bond motifs is 2. The summed E-state index contributed by atoms with van der Waals surface area (Å²) in [6, 6.07) is 12.7. The molecule has 0 aliphatic rings. The van der Waals surface area contributed by atoms with Crippen LogP contribution in [0.3, 0.4) is 0 Å². The van der Waals surface area contributed by atoms with Gasteiger partial charge in [0.15, 0.2) is 0 Å². The summed E-state index contributed by atoms with van der Waals surface area (Å²) in [5, 5.41) is 0.825. The lowest BCUT2D eigenvalue weighted by atomic mass is 10.1. The number of ether oxygens (including phenoxy) is 2.